The van der Waals surface area contributed by atoms with E-state index in [2.05, 4.69) is 20.0 Å². The average molecular weight is 415 g/mol. The second-order valence-electron chi connectivity index (χ2n) is 6.95. The Morgan fingerprint density at radius 3 is 2.66 bits per heavy atom. The molecule has 0 unspecified atom stereocenters. The van der Waals surface area contributed by atoms with Gasteiger partial charge in [-0.2, -0.15) is 4.98 Å². The van der Waals surface area contributed by atoms with Crippen LogP contribution in [0.5, 0.6) is 0 Å². The molecule has 1 fully saturated rings. The molecule has 0 N–H and O–H groups in total. The maximum absolute atomic E-state index is 13.0. The van der Waals surface area contributed by atoms with Crippen molar-refractivity contribution in [1.82, 2.24) is 24.9 Å². The lowest BCUT2D eigenvalue weighted by Gasteiger charge is -2.33. The first kappa shape index (κ1) is 19.7. The summed E-state index contributed by atoms with van der Waals surface area (Å²) in [4.78, 5) is 26.2. The fraction of sp³-hybridized carbons (Fsp3) is 0.400. The van der Waals surface area contributed by atoms with Crippen molar-refractivity contribution >= 4 is 17.2 Å². The summed E-state index contributed by atoms with van der Waals surface area (Å²) in [5, 5.41) is 4.84. The van der Waals surface area contributed by atoms with E-state index in [1.165, 1.54) is 23.5 Å². The van der Waals surface area contributed by atoms with Crippen molar-refractivity contribution in [3.63, 3.8) is 0 Å². The molecule has 0 spiro atoms. The van der Waals surface area contributed by atoms with Crippen molar-refractivity contribution in [3.8, 4) is 0 Å². The molecule has 29 heavy (non-hydrogen) atoms. The van der Waals surface area contributed by atoms with Crippen LogP contribution in [0.15, 0.2) is 35.0 Å². The Balaban J connectivity index is 1.30. The van der Waals surface area contributed by atoms with Gasteiger partial charge in [0.05, 0.1) is 17.7 Å². The molecular weight excluding hydrogens is 393 g/mol. The molecule has 7 nitrogen and oxygen atoms in total. The van der Waals surface area contributed by atoms with Gasteiger partial charge in [0.1, 0.15) is 10.7 Å². The number of carbonyl (C=O) groups excluding carboxylic acids is 1. The third-order valence-electron chi connectivity index (χ3n) is 4.87. The number of carbonyl (C=O) groups is 1. The number of piperazine rings is 1. The van der Waals surface area contributed by atoms with E-state index in [0.717, 1.165) is 30.1 Å². The van der Waals surface area contributed by atoms with E-state index in [-0.39, 0.29) is 11.7 Å². The predicted molar refractivity (Wildman–Crippen MR) is 106 cm³/mol. The highest BCUT2D eigenvalue weighted by Crippen LogP contribution is 2.20. The predicted octanol–water partition coefficient (Wildman–Crippen LogP) is 2.78. The topological polar surface area (TPSA) is 75.4 Å². The highest BCUT2D eigenvalue weighted by atomic mass is 32.1. The molecule has 9 heteroatoms. The van der Waals surface area contributed by atoms with Crippen LogP contribution in [0.25, 0.3) is 0 Å². The second kappa shape index (κ2) is 8.79. The van der Waals surface area contributed by atoms with E-state index < -0.39 is 0 Å². The van der Waals surface area contributed by atoms with Crippen LogP contribution in [0.2, 0.25) is 0 Å². The summed E-state index contributed by atoms with van der Waals surface area (Å²) in [5.74, 6) is 1.10. The fourth-order valence-corrected chi connectivity index (χ4v) is 4.15. The van der Waals surface area contributed by atoms with Crippen LogP contribution in [0.4, 0.5) is 4.39 Å². The Hall–Kier alpha value is -2.65. The number of aryl methyl sites for hydroxylation is 1. The summed E-state index contributed by atoms with van der Waals surface area (Å²) in [7, 11) is 0. The molecule has 2 aromatic heterocycles. The molecule has 0 atom stereocenters. The Labute approximate surface area is 172 Å². The van der Waals surface area contributed by atoms with Gasteiger partial charge in [-0.15, -0.1) is 11.3 Å². The molecule has 1 aliphatic rings. The number of aromatic nitrogens is 3. The highest BCUT2D eigenvalue weighted by molar-refractivity contribution is 7.13. The average Bonchev–Trinajstić information content (AvgIpc) is 3.39. The van der Waals surface area contributed by atoms with Crippen molar-refractivity contribution in [3.05, 3.63) is 63.4 Å². The summed E-state index contributed by atoms with van der Waals surface area (Å²) in [6.45, 7) is 5.46. The number of rotatable bonds is 6. The van der Waals surface area contributed by atoms with E-state index in [1.54, 1.807) is 18.3 Å². The summed E-state index contributed by atoms with van der Waals surface area (Å²) in [6.07, 6.45) is 2.97. The number of hydrogen-bond donors (Lipinski definition) is 0. The third-order valence-corrected chi connectivity index (χ3v) is 5.86. The van der Waals surface area contributed by atoms with Gasteiger partial charge in [-0.3, -0.25) is 9.69 Å². The van der Waals surface area contributed by atoms with Gasteiger partial charge in [-0.25, -0.2) is 9.37 Å². The lowest BCUT2D eigenvalue weighted by molar-refractivity contribution is 0.0629. The third kappa shape index (κ3) is 4.86. The minimum absolute atomic E-state index is 0.0142. The monoisotopic (exact) mass is 415 g/mol. The summed E-state index contributed by atoms with van der Waals surface area (Å²) in [6, 6.07) is 6.35. The van der Waals surface area contributed by atoms with Crippen LogP contribution in [0.3, 0.4) is 0 Å². The largest absolute Gasteiger partial charge is 0.339 e. The maximum Gasteiger partial charge on any atom is 0.265 e. The van der Waals surface area contributed by atoms with Crippen molar-refractivity contribution < 1.29 is 13.7 Å². The van der Waals surface area contributed by atoms with Gasteiger partial charge in [0.15, 0.2) is 5.82 Å². The van der Waals surface area contributed by atoms with Crippen molar-refractivity contribution in [2.75, 3.05) is 26.2 Å². The minimum atomic E-state index is -0.256. The number of halogens is 1. The van der Waals surface area contributed by atoms with Crippen LogP contribution >= 0.6 is 11.3 Å². The molecule has 152 valence electrons. The molecule has 0 saturated carbocycles. The van der Waals surface area contributed by atoms with Crippen molar-refractivity contribution in [2.45, 2.75) is 26.3 Å². The summed E-state index contributed by atoms with van der Waals surface area (Å²) >= 11 is 1.40. The molecule has 1 saturated heterocycles. The van der Waals surface area contributed by atoms with E-state index in [1.807, 2.05) is 11.8 Å². The van der Waals surface area contributed by atoms with Gasteiger partial charge in [0.2, 0.25) is 5.89 Å². The summed E-state index contributed by atoms with van der Waals surface area (Å²) in [5.41, 5.74) is 0.973. The number of amides is 1. The normalized spacial score (nSPS) is 15.0. The van der Waals surface area contributed by atoms with Crippen LogP contribution in [-0.2, 0) is 19.4 Å². The quantitative estimate of drug-likeness (QED) is 0.616. The molecule has 0 aliphatic carbocycles. The van der Waals surface area contributed by atoms with Crippen molar-refractivity contribution in [2.24, 2.45) is 0 Å². The van der Waals surface area contributed by atoms with E-state index in [9.17, 15) is 9.18 Å². The Morgan fingerprint density at radius 2 is 1.97 bits per heavy atom. The number of benzene rings is 1. The minimum Gasteiger partial charge on any atom is -0.339 e. The van der Waals surface area contributed by atoms with E-state index >= 15 is 0 Å². The number of nitrogens with zero attached hydrogens (tertiary/aromatic N) is 5. The van der Waals surface area contributed by atoms with Gasteiger partial charge in [0.25, 0.3) is 5.91 Å². The molecule has 3 heterocycles. The Morgan fingerprint density at radius 1 is 1.21 bits per heavy atom. The summed E-state index contributed by atoms with van der Waals surface area (Å²) < 4.78 is 18.2. The van der Waals surface area contributed by atoms with Gasteiger partial charge in [0, 0.05) is 39.0 Å². The smallest absolute Gasteiger partial charge is 0.265 e. The van der Waals surface area contributed by atoms with E-state index in [4.69, 9.17) is 4.52 Å². The van der Waals surface area contributed by atoms with E-state index in [0.29, 0.717) is 42.6 Å². The lowest BCUT2D eigenvalue weighted by Crippen LogP contribution is -2.48. The first-order valence-electron chi connectivity index (χ1n) is 9.63. The van der Waals surface area contributed by atoms with Gasteiger partial charge in [-0.1, -0.05) is 24.2 Å². The SMILES string of the molecule is CCc1nc(CN2CCN(C(=O)c3cnc(Cc4ccc(F)cc4)s3)CC2)no1. The zero-order valence-electron chi connectivity index (χ0n) is 16.2. The first-order chi connectivity index (χ1) is 14.1. The molecule has 1 aliphatic heterocycles. The molecule has 0 bridgehead atoms. The van der Waals surface area contributed by atoms with Crippen molar-refractivity contribution in [1.29, 1.82) is 0 Å². The highest BCUT2D eigenvalue weighted by Gasteiger charge is 2.24. The molecule has 1 aromatic carbocycles. The molecular formula is C20H22FN5O2S. The molecule has 0 radical (unpaired) electrons. The standard InChI is InChI=1S/C20H22FN5O2S/c1-2-18-23-17(24-28-18)13-25-7-9-26(10-8-25)20(27)16-12-22-19(29-16)11-14-3-5-15(21)6-4-14/h3-6,12H,2,7-11,13H2,1H3. The van der Waals surface area contributed by atoms with Gasteiger partial charge in [-0.05, 0) is 17.7 Å². The van der Waals surface area contributed by atoms with Crippen LogP contribution in [0, 0.1) is 5.82 Å². The molecule has 1 amide bonds. The van der Waals surface area contributed by atoms with Crippen LogP contribution in [0.1, 0.15) is 38.9 Å². The zero-order valence-corrected chi connectivity index (χ0v) is 17.0. The Bertz CT molecular complexity index is 963. The first-order valence-corrected chi connectivity index (χ1v) is 10.4. The van der Waals surface area contributed by atoms with Gasteiger partial charge >= 0.3 is 0 Å². The number of thiazole rings is 1. The molecule has 3 aromatic rings. The van der Waals surface area contributed by atoms with Crippen LogP contribution in [-0.4, -0.2) is 57.0 Å². The van der Waals surface area contributed by atoms with Gasteiger partial charge < -0.3 is 9.42 Å². The van der Waals surface area contributed by atoms with Crippen LogP contribution < -0.4 is 0 Å². The second-order valence-corrected chi connectivity index (χ2v) is 8.06. The maximum atomic E-state index is 13.0. The fourth-order valence-electron chi connectivity index (χ4n) is 3.23. The molecule has 4 rings (SSSR count). The lowest BCUT2D eigenvalue weighted by atomic mass is 10.2. The Kier molecular flexibility index (Phi) is 5.96. The zero-order chi connectivity index (χ0) is 20.2. The number of hydrogen-bond acceptors (Lipinski definition) is 7.